The highest BCUT2D eigenvalue weighted by atomic mass is 15.1. The molecule has 0 unspecified atom stereocenters. The molecule has 21 heavy (non-hydrogen) atoms. The Labute approximate surface area is 127 Å². The summed E-state index contributed by atoms with van der Waals surface area (Å²) in [7, 11) is 0. The molecular formula is C19H22N2. The van der Waals surface area contributed by atoms with Crippen LogP contribution in [0.25, 0.3) is 0 Å². The van der Waals surface area contributed by atoms with Crippen LogP contribution in [0.4, 0.5) is 0 Å². The Balaban J connectivity index is 1.48. The molecule has 2 aromatic rings. The lowest BCUT2D eigenvalue weighted by atomic mass is 10.0. The molecule has 2 nitrogen and oxygen atoms in total. The molecule has 108 valence electrons. The summed E-state index contributed by atoms with van der Waals surface area (Å²) in [6.45, 7) is 3.35. The van der Waals surface area contributed by atoms with Gasteiger partial charge >= 0.3 is 0 Å². The van der Waals surface area contributed by atoms with Crippen molar-refractivity contribution in [1.82, 2.24) is 4.90 Å². The van der Waals surface area contributed by atoms with E-state index in [1.165, 1.54) is 11.1 Å². The van der Waals surface area contributed by atoms with E-state index in [1.807, 2.05) is 12.3 Å². The molecular weight excluding hydrogens is 256 g/mol. The maximum atomic E-state index is 4.74. The highest BCUT2D eigenvalue weighted by molar-refractivity contribution is 5.79. The van der Waals surface area contributed by atoms with Gasteiger partial charge in [0.1, 0.15) is 0 Å². The SMILES string of the molecule is C(=NC1CCN(Cc2ccccc2)CC1)c1ccccc1. The molecule has 1 saturated heterocycles. The molecule has 3 rings (SSSR count). The Bertz CT molecular complexity index is 555. The first kappa shape index (κ1) is 14.0. The van der Waals surface area contributed by atoms with Gasteiger partial charge in [-0.2, -0.15) is 0 Å². The lowest BCUT2D eigenvalue weighted by Gasteiger charge is -2.30. The normalized spacial score (nSPS) is 17.3. The van der Waals surface area contributed by atoms with E-state index in [0.717, 1.165) is 32.5 Å². The van der Waals surface area contributed by atoms with Crippen LogP contribution in [0.5, 0.6) is 0 Å². The van der Waals surface area contributed by atoms with Crippen LogP contribution in [0.3, 0.4) is 0 Å². The second kappa shape index (κ2) is 7.19. The number of likely N-dealkylation sites (tertiary alicyclic amines) is 1. The Morgan fingerprint density at radius 2 is 1.52 bits per heavy atom. The second-order valence-corrected chi connectivity index (χ2v) is 5.68. The van der Waals surface area contributed by atoms with Crippen molar-refractivity contribution in [2.24, 2.45) is 4.99 Å². The molecule has 1 aliphatic heterocycles. The third-order valence-corrected chi connectivity index (χ3v) is 4.04. The predicted octanol–water partition coefficient (Wildman–Crippen LogP) is 3.77. The molecule has 0 N–H and O–H groups in total. The van der Waals surface area contributed by atoms with Gasteiger partial charge in [-0.05, 0) is 24.0 Å². The minimum absolute atomic E-state index is 0.484. The van der Waals surface area contributed by atoms with Gasteiger partial charge in [0, 0.05) is 25.8 Å². The average Bonchev–Trinajstić information content (AvgIpc) is 2.56. The standard InChI is InChI=1S/C19H22N2/c1-3-7-17(8-4-1)15-20-19-11-13-21(14-12-19)16-18-9-5-2-6-10-18/h1-10,15,19H,11-14,16H2. The van der Waals surface area contributed by atoms with Crippen LogP contribution in [0.15, 0.2) is 65.7 Å². The van der Waals surface area contributed by atoms with Crippen molar-refractivity contribution in [3.8, 4) is 0 Å². The molecule has 0 spiro atoms. The zero-order valence-corrected chi connectivity index (χ0v) is 12.4. The first-order chi connectivity index (χ1) is 10.4. The Morgan fingerprint density at radius 1 is 0.905 bits per heavy atom. The summed E-state index contributed by atoms with van der Waals surface area (Å²) >= 11 is 0. The van der Waals surface area contributed by atoms with Crippen molar-refractivity contribution >= 4 is 6.21 Å². The van der Waals surface area contributed by atoms with Crippen LogP contribution in [0.1, 0.15) is 24.0 Å². The van der Waals surface area contributed by atoms with Gasteiger partial charge in [0.25, 0.3) is 0 Å². The molecule has 0 bridgehead atoms. The predicted molar refractivity (Wildman–Crippen MR) is 88.8 cm³/mol. The zero-order chi connectivity index (χ0) is 14.3. The monoisotopic (exact) mass is 278 g/mol. The van der Waals surface area contributed by atoms with E-state index in [9.17, 15) is 0 Å². The fraction of sp³-hybridized carbons (Fsp3) is 0.316. The van der Waals surface area contributed by atoms with E-state index in [-0.39, 0.29) is 0 Å². The van der Waals surface area contributed by atoms with Crippen molar-refractivity contribution in [3.05, 3.63) is 71.8 Å². The van der Waals surface area contributed by atoms with Crippen LogP contribution in [-0.2, 0) is 6.54 Å². The molecule has 1 fully saturated rings. The van der Waals surface area contributed by atoms with Gasteiger partial charge in [0.05, 0.1) is 6.04 Å². The van der Waals surface area contributed by atoms with Gasteiger partial charge in [-0.25, -0.2) is 0 Å². The molecule has 1 aliphatic rings. The molecule has 0 saturated carbocycles. The number of hydrogen-bond acceptors (Lipinski definition) is 2. The van der Waals surface area contributed by atoms with Crippen LogP contribution < -0.4 is 0 Å². The molecule has 0 aromatic heterocycles. The van der Waals surface area contributed by atoms with Crippen molar-refractivity contribution < 1.29 is 0 Å². The Morgan fingerprint density at radius 3 is 2.19 bits per heavy atom. The minimum atomic E-state index is 0.484. The largest absolute Gasteiger partial charge is 0.299 e. The van der Waals surface area contributed by atoms with Crippen LogP contribution >= 0.6 is 0 Å². The zero-order valence-electron chi connectivity index (χ0n) is 12.4. The highest BCUT2D eigenvalue weighted by Gasteiger charge is 2.17. The maximum Gasteiger partial charge on any atom is 0.0524 e. The Hall–Kier alpha value is -1.93. The lowest BCUT2D eigenvalue weighted by molar-refractivity contribution is 0.206. The summed E-state index contributed by atoms with van der Waals surface area (Å²) in [5.74, 6) is 0. The van der Waals surface area contributed by atoms with Gasteiger partial charge in [-0.3, -0.25) is 9.89 Å². The molecule has 0 amide bonds. The third kappa shape index (κ3) is 4.27. The van der Waals surface area contributed by atoms with Gasteiger partial charge in [-0.1, -0.05) is 60.7 Å². The van der Waals surface area contributed by atoms with E-state index in [4.69, 9.17) is 4.99 Å². The van der Waals surface area contributed by atoms with Crippen molar-refractivity contribution in [1.29, 1.82) is 0 Å². The summed E-state index contributed by atoms with van der Waals surface area (Å²) in [6.07, 6.45) is 4.35. The molecule has 0 radical (unpaired) electrons. The van der Waals surface area contributed by atoms with Crippen molar-refractivity contribution in [3.63, 3.8) is 0 Å². The number of hydrogen-bond donors (Lipinski definition) is 0. The number of benzene rings is 2. The third-order valence-electron chi connectivity index (χ3n) is 4.04. The average molecular weight is 278 g/mol. The van der Waals surface area contributed by atoms with E-state index in [1.54, 1.807) is 0 Å². The molecule has 1 heterocycles. The van der Waals surface area contributed by atoms with E-state index in [0.29, 0.717) is 6.04 Å². The summed E-state index contributed by atoms with van der Waals surface area (Å²) in [5.41, 5.74) is 2.60. The van der Waals surface area contributed by atoms with E-state index < -0.39 is 0 Å². The van der Waals surface area contributed by atoms with E-state index in [2.05, 4.69) is 59.5 Å². The molecule has 2 heteroatoms. The fourth-order valence-corrected chi connectivity index (χ4v) is 2.80. The number of rotatable bonds is 4. The summed E-state index contributed by atoms with van der Waals surface area (Å²) < 4.78 is 0. The fourth-order valence-electron chi connectivity index (χ4n) is 2.80. The summed E-state index contributed by atoms with van der Waals surface area (Å²) in [4.78, 5) is 7.27. The van der Waals surface area contributed by atoms with Gasteiger partial charge in [0.15, 0.2) is 0 Å². The maximum absolute atomic E-state index is 4.74. The smallest absolute Gasteiger partial charge is 0.0524 e. The topological polar surface area (TPSA) is 15.6 Å². The quantitative estimate of drug-likeness (QED) is 0.777. The molecule has 0 aliphatic carbocycles. The van der Waals surface area contributed by atoms with Crippen molar-refractivity contribution in [2.45, 2.75) is 25.4 Å². The van der Waals surface area contributed by atoms with Gasteiger partial charge in [0.2, 0.25) is 0 Å². The summed E-state index contributed by atoms with van der Waals surface area (Å²) in [5, 5.41) is 0. The van der Waals surface area contributed by atoms with Gasteiger partial charge in [-0.15, -0.1) is 0 Å². The highest BCUT2D eigenvalue weighted by Crippen LogP contribution is 2.16. The minimum Gasteiger partial charge on any atom is -0.299 e. The number of nitrogens with zero attached hydrogens (tertiary/aromatic N) is 2. The first-order valence-electron chi connectivity index (χ1n) is 7.75. The van der Waals surface area contributed by atoms with Crippen LogP contribution in [0, 0.1) is 0 Å². The van der Waals surface area contributed by atoms with Crippen molar-refractivity contribution in [2.75, 3.05) is 13.1 Å². The lowest BCUT2D eigenvalue weighted by Crippen LogP contribution is -2.34. The summed E-state index contributed by atoms with van der Waals surface area (Å²) in [6, 6.07) is 21.6. The number of aliphatic imine (C=N–C) groups is 1. The van der Waals surface area contributed by atoms with Crippen LogP contribution in [-0.4, -0.2) is 30.2 Å². The molecule has 0 atom stereocenters. The first-order valence-corrected chi connectivity index (χ1v) is 7.75. The molecule has 2 aromatic carbocycles. The second-order valence-electron chi connectivity index (χ2n) is 5.68. The Kier molecular flexibility index (Phi) is 4.80. The number of piperidine rings is 1. The van der Waals surface area contributed by atoms with Gasteiger partial charge < -0.3 is 0 Å². The van der Waals surface area contributed by atoms with E-state index >= 15 is 0 Å². The van der Waals surface area contributed by atoms with Crippen LogP contribution in [0.2, 0.25) is 0 Å².